The number of methoxy groups -OCH3 is 1. The Hall–Kier alpha value is -1.99. The first kappa shape index (κ1) is 18.4. The molecule has 2 N–H and O–H groups in total. The minimum atomic E-state index is -1.16. The summed E-state index contributed by atoms with van der Waals surface area (Å²) in [6, 6.07) is 5.52. The van der Waals surface area contributed by atoms with Gasteiger partial charge in [-0.15, -0.1) is 0 Å². The molecule has 6 nitrogen and oxygen atoms in total. The van der Waals surface area contributed by atoms with E-state index in [1.54, 1.807) is 20.1 Å². The molecule has 3 atom stereocenters. The molecule has 1 saturated heterocycles. The topological polar surface area (TPSA) is 87.1 Å². The third-order valence-electron chi connectivity index (χ3n) is 4.94. The summed E-state index contributed by atoms with van der Waals surface area (Å²) in [5.74, 6) is -0.457. The smallest absolute Gasteiger partial charge is 0.353 e. The molecule has 1 aliphatic carbocycles. The van der Waals surface area contributed by atoms with E-state index >= 15 is 0 Å². The number of hydrogen-bond acceptors (Lipinski definition) is 5. The van der Waals surface area contributed by atoms with Gasteiger partial charge in [-0.05, 0) is 44.2 Å². The van der Waals surface area contributed by atoms with E-state index in [1.807, 2.05) is 37.8 Å². The maximum atomic E-state index is 12.3. The van der Waals surface area contributed by atoms with Gasteiger partial charge in [0.15, 0.2) is 0 Å². The number of ether oxygens (including phenoxy) is 1. The van der Waals surface area contributed by atoms with Gasteiger partial charge in [0.05, 0.1) is 19.1 Å². The Morgan fingerprint density at radius 2 is 2.00 bits per heavy atom. The average molecular weight is 384 g/mol. The Morgan fingerprint density at radius 3 is 2.59 bits per heavy atom. The van der Waals surface area contributed by atoms with Crippen LogP contribution >= 0.6 is 11.8 Å². The first-order valence-corrected chi connectivity index (χ1v) is 9.38. The number of carbonyl (C=O) groups excluding carboxylic acids is 1. The zero-order valence-corrected chi connectivity index (χ0v) is 15.6. The molecule has 2 fully saturated rings. The Labute approximate surface area is 162 Å². The first-order chi connectivity index (χ1) is 12.9. The largest absolute Gasteiger partial charge is 0.496 e. The second-order valence-electron chi connectivity index (χ2n) is 6.55. The van der Waals surface area contributed by atoms with E-state index in [9.17, 15) is 19.8 Å². The fourth-order valence-electron chi connectivity index (χ4n) is 3.61. The van der Waals surface area contributed by atoms with Crippen molar-refractivity contribution in [3.8, 4) is 5.75 Å². The third kappa shape index (κ3) is 2.84. The molecular formula is C20H18NO5S. The minimum absolute atomic E-state index is 0.0324. The number of carboxylic acid groups (broad SMARTS) is 1. The second kappa shape index (κ2) is 6.87. The van der Waals surface area contributed by atoms with Crippen LogP contribution in [0.2, 0.25) is 0 Å². The minimum Gasteiger partial charge on any atom is -0.496 e. The van der Waals surface area contributed by atoms with Crippen molar-refractivity contribution in [2.45, 2.75) is 18.4 Å². The number of fused-ring (bicyclic) bond motifs is 1. The number of aliphatic hydroxyl groups is 1. The van der Waals surface area contributed by atoms with Crippen LogP contribution in [0.4, 0.5) is 0 Å². The molecule has 2 heterocycles. The molecule has 3 aliphatic rings. The van der Waals surface area contributed by atoms with Gasteiger partial charge in [0, 0.05) is 16.4 Å². The molecule has 0 spiro atoms. The van der Waals surface area contributed by atoms with Gasteiger partial charge in [-0.2, -0.15) is 0 Å². The van der Waals surface area contributed by atoms with E-state index < -0.39 is 18.0 Å². The van der Waals surface area contributed by atoms with Crippen LogP contribution in [0.1, 0.15) is 18.1 Å². The summed E-state index contributed by atoms with van der Waals surface area (Å²) >= 11 is 1.30. The second-order valence-corrected chi connectivity index (χ2v) is 7.68. The van der Waals surface area contributed by atoms with Crippen molar-refractivity contribution >= 4 is 28.5 Å². The Bertz CT molecular complexity index is 828. The summed E-state index contributed by atoms with van der Waals surface area (Å²) < 4.78 is 5.52. The van der Waals surface area contributed by atoms with E-state index in [2.05, 4.69) is 0 Å². The zero-order chi connectivity index (χ0) is 19.3. The van der Waals surface area contributed by atoms with E-state index in [4.69, 9.17) is 4.74 Å². The Morgan fingerprint density at radius 1 is 1.30 bits per heavy atom. The van der Waals surface area contributed by atoms with Crippen molar-refractivity contribution < 1.29 is 24.5 Å². The number of nitrogens with zero attached hydrogens (tertiary/aromatic N) is 1. The Kier molecular flexibility index (Phi) is 4.68. The molecular weight excluding hydrogens is 366 g/mol. The number of aliphatic carboxylic acids is 1. The maximum Gasteiger partial charge on any atom is 0.353 e. The van der Waals surface area contributed by atoms with Crippen molar-refractivity contribution in [2.24, 2.45) is 5.92 Å². The van der Waals surface area contributed by atoms with Crippen LogP contribution < -0.4 is 4.74 Å². The highest BCUT2D eigenvalue weighted by Crippen LogP contribution is 2.54. The first-order valence-electron chi connectivity index (χ1n) is 8.50. The lowest BCUT2D eigenvalue weighted by molar-refractivity contribution is -0.156. The summed E-state index contributed by atoms with van der Waals surface area (Å²) in [7, 11) is 1.57. The quantitative estimate of drug-likeness (QED) is 0.756. The number of β-lactam (4-membered cyclic amide) rings is 1. The van der Waals surface area contributed by atoms with Crippen LogP contribution in [0.25, 0.3) is 4.91 Å². The van der Waals surface area contributed by atoms with Gasteiger partial charge in [-0.3, -0.25) is 9.69 Å². The number of carboxylic acids is 1. The number of carbonyl (C=O) groups is 2. The molecule has 27 heavy (non-hydrogen) atoms. The molecule has 0 bridgehead atoms. The summed E-state index contributed by atoms with van der Waals surface area (Å²) in [6.07, 6.45) is 7.00. The Balaban J connectivity index is 1.72. The van der Waals surface area contributed by atoms with Crippen molar-refractivity contribution in [3.63, 3.8) is 0 Å². The summed E-state index contributed by atoms with van der Waals surface area (Å²) in [5, 5.41) is 19.1. The number of benzene rings is 1. The molecule has 4 rings (SSSR count). The molecule has 7 heteroatoms. The lowest BCUT2D eigenvalue weighted by Crippen LogP contribution is -2.60. The molecule has 5 radical (unpaired) electrons. The van der Waals surface area contributed by atoms with E-state index in [-0.39, 0.29) is 17.0 Å². The van der Waals surface area contributed by atoms with Crippen LogP contribution in [-0.2, 0) is 9.59 Å². The van der Waals surface area contributed by atoms with Gasteiger partial charge in [-0.1, -0.05) is 23.9 Å². The fourth-order valence-corrected chi connectivity index (χ4v) is 5.22. The van der Waals surface area contributed by atoms with Crippen molar-refractivity contribution in [3.05, 3.63) is 66.6 Å². The highest BCUT2D eigenvalue weighted by atomic mass is 32.2. The summed E-state index contributed by atoms with van der Waals surface area (Å²) in [5.41, 5.74) is 1.55. The molecule has 0 aromatic heterocycles. The summed E-state index contributed by atoms with van der Waals surface area (Å²) in [4.78, 5) is 26.0. The van der Waals surface area contributed by atoms with E-state index in [0.29, 0.717) is 16.2 Å². The van der Waals surface area contributed by atoms with Crippen molar-refractivity contribution in [2.75, 3.05) is 7.11 Å². The SMILES string of the molecule is COc1cc(C2=C(C(=O)O)N3C(=O)[C@H]([C@@H](C)O)[C@H]3S2)ccc1[C]1[CH][CH][CH][CH]1. The molecule has 2 aliphatic heterocycles. The molecule has 1 aromatic carbocycles. The van der Waals surface area contributed by atoms with Crippen LogP contribution in [0, 0.1) is 37.5 Å². The van der Waals surface area contributed by atoms with E-state index in [1.165, 1.54) is 16.7 Å². The number of amides is 1. The van der Waals surface area contributed by atoms with Gasteiger partial charge in [0.25, 0.3) is 0 Å². The highest BCUT2D eigenvalue weighted by Gasteiger charge is 2.57. The van der Waals surface area contributed by atoms with Crippen LogP contribution in [0.3, 0.4) is 0 Å². The number of hydrogen-bond donors (Lipinski definition) is 2. The normalized spacial score (nSPS) is 26.2. The standard InChI is InChI=1S/C20H18NO5S/c1-10(22)15-18(23)21-16(20(24)25)17(27-19(15)21)12-7-8-13(14(9-12)26-2)11-5-3-4-6-11/h3-10,15,19,22H,1-2H3,(H,24,25)/t10-,15+,19-/m1/s1. The molecule has 1 aromatic rings. The maximum absolute atomic E-state index is 12.3. The zero-order valence-electron chi connectivity index (χ0n) is 14.7. The van der Waals surface area contributed by atoms with Crippen molar-refractivity contribution in [1.29, 1.82) is 0 Å². The van der Waals surface area contributed by atoms with Crippen LogP contribution in [-0.4, -0.2) is 45.6 Å². The van der Waals surface area contributed by atoms with Gasteiger partial charge >= 0.3 is 5.97 Å². The predicted molar refractivity (Wildman–Crippen MR) is 100 cm³/mol. The summed E-state index contributed by atoms with van der Waals surface area (Å²) in [6.45, 7) is 1.55. The van der Waals surface area contributed by atoms with Gasteiger partial charge in [0.1, 0.15) is 16.8 Å². The number of thioether (sulfide) groups is 1. The van der Waals surface area contributed by atoms with Crippen LogP contribution in [0.5, 0.6) is 5.75 Å². The van der Waals surface area contributed by atoms with Gasteiger partial charge in [-0.25, -0.2) is 4.79 Å². The third-order valence-corrected chi connectivity index (χ3v) is 6.35. The lowest BCUT2D eigenvalue weighted by atomic mass is 9.92. The number of rotatable bonds is 5. The van der Waals surface area contributed by atoms with Gasteiger partial charge < -0.3 is 14.9 Å². The predicted octanol–water partition coefficient (Wildman–Crippen LogP) is 2.11. The molecule has 139 valence electrons. The highest BCUT2D eigenvalue weighted by molar-refractivity contribution is 8.09. The number of aliphatic hydroxyl groups excluding tert-OH is 1. The van der Waals surface area contributed by atoms with Crippen LogP contribution in [0.15, 0.2) is 23.9 Å². The fraction of sp³-hybridized carbons (Fsp3) is 0.250. The molecule has 1 saturated carbocycles. The molecule has 0 unspecified atom stereocenters. The lowest BCUT2D eigenvalue weighted by Gasteiger charge is -2.43. The van der Waals surface area contributed by atoms with Crippen molar-refractivity contribution in [1.82, 2.24) is 4.90 Å². The monoisotopic (exact) mass is 384 g/mol. The van der Waals surface area contributed by atoms with E-state index in [0.717, 1.165) is 11.5 Å². The molecule has 1 amide bonds. The average Bonchev–Trinajstić information content (AvgIpc) is 3.26. The van der Waals surface area contributed by atoms with Gasteiger partial charge in [0.2, 0.25) is 5.91 Å².